The lowest BCUT2D eigenvalue weighted by molar-refractivity contribution is -0.385. The molecule has 0 spiro atoms. The summed E-state index contributed by atoms with van der Waals surface area (Å²) < 4.78 is 6.71. The van der Waals surface area contributed by atoms with Crippen LogP contribution in [0.15, 0.2) is 36.7 Å². The Morgan fingerprint density at radius 1 is 1.44 bits per heavy atom. The third-order valence-corrected chi connectivity index (χ3v) is 4.69. The zero-order valence-electron chi connectivity index (χ0n) is 14.9. The first-order chi connectivity index (χ1) is 12.6. The summed E-state index contributed by atoms with van der Waals surface area (Å²) in [5, 5.41) is 21.6. The van der Waals surface area contributed by atoms with Crippen molar-refractivity contribution < 1.29 is 14.5 Å². The Hall–Kier alpha value is -2.65. The van der Waals surface area contributed by atoms with E-state index in [1.165, 1.54) is 19.2 Å². The minimum atomic E-state index is -0.743. The molecule has 0 bridgehead atoms. The Kier molecular flexibility index (Phi) is 6.75. The number of amides is 1. The van der Waals surface area contributed by atoms with Crippen LogP contribution >= 0.6 is 12.4 Å². The second-order valence-corrected chi connectivity index (χ2v) is 6.18. The van der Waals surface area contributed by atoms with E-state index < -0.39 is 10.5 Å². The number of nitro groups is 1. The SMILES string of the molecule is COc1ccc(CNC(=O)C2(n3cccn3)CCNCC2)cc1[N+](=O)[O-].Cl. The molecule has 1 aromatic heterocycles. The Bertz CT molecular complexity index is 791. The first kappa shape index (κ1) is 20.7. The molecule has 1 fully saturated rings. The van der Waals surface area contributed by atoms with Gasteiger partial charge in [0.05, 0.1) is 12.0 Å². The van der Waals surface area contributed by atoms with Crippen molar-refractivity contribution in [3.05, 3.63) is 52.3 Å². The average molecular weight is 396 g/mol. The largest absolute Gasteiger partial charge is 0.490 e. The van der Waals surface area contributed by atoms with Gasteiger partial charge in [-0.05, 0) is 43.6 Å². The molecule has 146 valence electrons. The number of carbonyl (C=O) groups excluding carboxylic acids is 1. The maximum Gasteiger partial charge on any atom is 0.311 e. The molecular weight excluding hydrogens is 374 g/mol. The van der Waals surface area contributed by atoms with Crippen molar-refractivity contribution >= 4 is 24.0 Å². The average Bonchev–Trinajstić information content (AvgIpc) is 3.21. The fourth-order valence-corrected chi connectivity index (χ4v) is 3.26. The van der Waals surface area contributed by atoms with E-state index in [4.69, 9.17) is 4.74 Å². The van der Waals surface area contributed by atoms with Crippen LogP contribution in [0.5, 0.6) is 5.75 Å². The molecule has 10 heteroatoms. The Balaban J connectivity index is 0.00000261. The number of carbonyl (C=O) groups is 1. The molecular formula is C17H22ClN5O4. The van der Waals surface area contributed by atoms with Gasteiger partial charge in [0.2, 0.25) is 5.91 Å². The van der Waals surface area contributed by atoms with Crippen molar-refractivity contribution in [1.82, 2.24) is 20.4 Å². The van der Waals surface area contributed by atoms with Crippen molar-refractivity contribution in [3.8, 4) is 5.75 Å². The van der Waals surface area contributed by atoms with Crippen LogP contribution in [-0.4, -0.2) is 40.8 Å². The summed E-state index contributed by atoms with van der Waals surface area (Å²) in [5.41, 5.74) is -0.231. The molecule has 2 N–H and O–H groups in total. The van der Waals surface area contributed by atoms with Crippen LogP contribution in [0.1, 0.15) is 18.4 Å². The quantitative estimate of drug-likeness (QED) is 0.567. The standard InChI is InChI=1S/C17H21N5O4.ClH/c1-26-15-4-3-13(11-14(15)22(24)25)12-19-16(23)17(5-8-18-9-6-17)21-10-2-7-20-21;/h2-4,7,10-11,18H,5-6,8-9,12H2,1H3,(H,19,23);1H. The number of ether oxygens (including phenoxy) is 1. The number of halogens is 1. The third kappa shape index (κ3) is 4.20. The monoisotopic (exact) mass is 395 g/mol. The normalized spacial score (nSPS) is 15.4. The van der Waals surface area contributed by atoms with E-state index >= 15 is 0 Å². The molecule has 9 nitrogen and oxygen atoms in total. The van der Waals surface area contributed by atoms with Crippen molar-refractivity contribution in [1.29, 1.82) is 0 Å². The van der Waals surface area contributed by atoms with Crippen molar-refractivity contribution in [2.45, 2.75) is 24.9 Å². The summed E-state index contributed by atoms with van der Waals surface area (Å²) in [6.07, 6.45) is 4.71. The van der Waals surface area contributed by atoms with Crippen LogP contribution in [0.25, 0.3) is 0 Å². The lowest BCUT2D eigenvalue weighted by Crippen LogP contribution is -2.54. The Labute approximate surface area is 162 Å². The number of benzene rings is 1. The van der Waals surface area contributed by atoms with Crippen LogP contribution in [-0.2, 0) is 16.9 Å². The first-order valence-corrected chi connectivity index (χ1v) is 8.37. The highest BCUT2D eigenvalue weighted by Gasteiger charge is 2.41. The van der Waals surface area contributed by atoms with Crippen molar-refractivity contribution in [2.75, 3.05) is 20.2 Å². The molecule has 27 heavy (non-hydrogen) atoms. The lowest BCUT2D eigenvalue weighted by Gasteiger charge is -2.36. The summed E-state index contributed by atoms with van der Waals surface area (Å²) >= 11 is 0. The predicted octanol–water partition coefficient (Wildman–Crippen LogP) is 1.62. The maximum absolute atomic E-state index is 13.0. The number of hydrogen-bond acceptors (Lipinski definition) is 6. The van der Waals surface area contributed by atoms with E-state index in [0.717, 1.165) is 13.1 Å². The predicted molar refractivity (Wildman–Crippen MR) is 101 cm³/mol. The molecule has 2 aromatic rings. The lowest BCUT2D eigenvalue weighted by atomic mass is 9.87. The molecule has 0 saturated carbocycles. The minimum Gasteiger partial charge on any atom is -0.490 e. The van der Waals surface area contributed by atoms with E-state index in [1.807, 2.05) is 0 Å². The number of hydrogen-bond donors (Lipinski definition) is 2. The van der Waals surface area contributed by atoms with Gasteiger partial charge >= 0.3 is 5.69 Å². The van der Waals surface area contributed by atoms with E-state index in [9.17, 15) is 14.9 Å². The van der Waals surface area contributed by atoms with Gasteiger partial charge in [-0.25, -0.2) is 0 Å². The second kappa shape index (κ2) is 8.83. The highest BCUT2D eigenvalue weighted by atomic mass is 35.5. The molecule has 1 aliphatic rings. The van der Waals surface area contributed by atoms with Crippen molar-refractivity contribution in [2.24, 2.45) is 0 Å². The molecule has 1 aliphatic heterocycles. The minimum absolute atomic E-state index is 0. The Morgan fingerprint density at radius 3 is 2.78 bits per heavy atom. The number of nitrogens with one attached hydrogen (secondary N) is 2. The summed E-state index contributed by atoms with van der Waals surface area (Å²) in [7, 11) is 1.38. The zero-order valence-corrected chi connectivity index (χ0v) is 15.7. The number of nitro benzene ring substituents is 1. The van der Waals surface area contributed by atoms with Crippen LogP contribution < -0.4 is 15.4 Å². The number of aromatic nitrogens is 2. The zero-order chi connectivity index (χ0) is 18.6. The summed E-state index contributed by atoms with van der Waals surface area (Å²) in [6.45, 7) is 1.64. The van der Waals surface area contributed by atoms with Gasteiger partial charge in [-0.2, -0.15) is 5.10 Å². The van der Waals surface area contributed by atoms with Crippen molar-refractivity contribution in [3.63, 3.8) is 0 Å². The topological polar surface area (TPSA) is 111 Å². The van der Waals surface area contributed by atoms with Gasteiger partial charge in [0.15, 0.2) is 5.75 Å². The van der Waals surface area contributed by atoms with Crippen LogP contribution in [0.2, 0.25) is 0 Å². The van der Waals surface area contributed by atoms with Crippen LogP contribution in [0.3, 0.4) is 0 Å². The molecule has 0 atom stereocenters. The van der Waals surface area contributed by atoms with E-state index in [0.29, 0.717) is 18.4 Å². The molecule has 0 radical (unpaired) electrons. The van der Waals surface area contributed by atoms with Crippen LogP contribution in [0.4, 0.5) is 5.69 Å². The molecule has 0 aliphatic carbocycles. The fourth-order valence-electron chi connectivity index (χ4n) is 3.26. The van der Waals surface area contributed by atoms with Gasteiger partial charge in [0, 0.05) is 25.0 Å². The molecule has 1 amide bonds. The molecule has 3 rings (SSSR count). The second-order valence-electron chi connectivity index (χ2n) is 6.18. The van der Waals surface area contributed by atoms with E-state index in [-0.39, 0.29) is 36.3 Å². The summed E-state index contributed by atoms with van der Waals surface area (Å²) in [6, 6.07) is 6.45. The third-order valence-electron chi connectivity index (χ3n) is 4.69. The molecule has 1 saturated heterocycles. The van der Waals surface area contributed by atoms with Gasteiger partial charge in [-0.3, -0.25) is 19.6 Å². The highest BCUT2D eigenvalue weighted by Crippen LogP contribution is 2.29. The first-order valence-electron chi connectivity index (χ1n) is 8.37. The maximum atomic E-state index is 13.0. The van der Waals surface area contributed by atoms with Gasteiger partial charge in [-0.1, -0.05) is 6.07 Å². The highest BCUT2D eigenvalue weighted by molar-refractivity contribution is 5.85. The number of piperidine rings is 1. The van der Waals surface area contributed by atoms with Gasteiger partial charge < -0.3 is 15.4 Å². The summed E-state index contributed by atoms with van der Waals surface area (Å²) in [5.74, 6) is 0.0533. The smallest absolute Gasteiger partial charge is 0.311 e. The van der Waals surface area contributed by atoms with Gasteiger partial charge in [-0.15, -0.1) is 12.4 Å². The van der Waals surface area contributed by atoms with Gasteiger partial charge in [0.1, 0.15) is 5.54 Å². The van der Waals surface area contributed by atoms with E-state index in [2.05, 4.69) is 15.7 Å². The molecule has 1 aromatic carbocycles. The number of methoxy groups -OCH3 is 1. The fraction of sp³-hybridized carbons (Fsp3) is 0.412. The number of rotatable bonds is 6. The molecule has 2 heterocycles. The van der Waals surface area contributed by atoms with Crippen LogP contribution in [0, 0.1) is 10.1 Å². The van der Waals surface area contributed by atoms with E-state index in [1.54, 1.807) is 29.2 Å². The number of nitrogens with zero attached hydrogens (tertiary/aromatic N) is 3. The molecule has 0 unspecified atom stereocenters. The summed E-state index contributed by atoms with van der Waals surface area (Å²) in [4.78, 5) is 23.6. The van der Waals surface area contributed by atoms with Gasteiger partial charge in [0.25, 0.3) is 0 Å². The Morgan fingerprint density at radius 2 is 2.19 bits per heavy atom.